The van der Waals surface area contributed by atoms with E-state index in [2.05, 4.69) is 108 Å². The molecule has 0 aromatic rings. The van der Waals surface area contributed by atoms with Gasteiger partial charge < -0.3 is 27.1 Å². The van der Waals surface area contributed by atoms with E-state index in [4.69, 9.17) is 33.6 Å². The Morgan fingerprint density at radius 1 is 0.469 bits per heavy atom. The van der Waals surface area contributed by atoms with Crippen molar-refractivity contribution in [2.24, 2.45) is 5.41 Å². The van der Waals surface area contributed by atoms with E-state index in [9.17, 15) is 0 Å². The van der Waals surface area contributed by atoms with E-state index in [1.807, 2.05) is 0 Å². The van der Waals surface area contributed by atoms with E-state index in [0.717, 1.165) is 6.42 Å². The molecule has 0 aromatic heterocycles. The topological polar surface area (TPSA) is 55.4 Å². The van der Waals surface area contributed by atoms with Crippen LogP contribution in [0.1, 0.15) is 110 Å². The minimum absolute atomic E-state index is 0.370. The molecule has 0 atom stereocenters. The number of rotatable bonds is 19. The van der Waals surface area contributed by atoms with Crippen molar-refractivity contribution >= 4 is 17.2 Å². The van der Waals surface area contributed by atoms with E-state index in [1.54, 1.807) is 0 Å². The highest BCUT2D eigenvalue weighted by atomic mass is 31.2. The maximum Gasteiger partial charge on any atom is 0.406 e. The van der Waals surface area contributed by atoms with Gasteiger partial charge in [-0.15, -0.1) is 6.42 Å². The summed E-state index contributed by atoms with van der Waals surface area (Å²) in [5.41, 5.74) is -0.370. The molecule has 0 aromatic carbocycles. The first kappa shape index (κ1) is 41.7. The Morgan fingerprint density at radius 2 is 0.816 bits per heavy atom. The van der Waals surface area contributed by atoms with Crippen LogP contribution in [0, 0.1) is 113 Å². The van der Waals surface area contributed by atoms with Crippen LogP contribution >= 0.6 is 17.2 Å². The first-order valence-corrected chi connectivity index (χ1v) is 19.3. The number of hydrogen-bond acceptors (Lipinski definition) is 6. The Hall–Kier alpha value is -3.50. The molecule has 2 heterocycles. The second-order valence-corrected chi connectivity index (χ2v) is 13.8. The predicted molar refractivity (Wildman–Crippen MR) is 198 cm³/mol. The minimum Gasteiger partial charge on any atom is -0.372 e. The lowest BCUT2D eigenvalue weighted by Gasteiger charge is -2.40. The molecule has 256 valence electrons. The van der Waals surface area contributed by atoms with E-state index < -0.39 is 17.2 Å². The second-order valence-electron chi connectivity index (χ2n) is 11.4. The van der Waals surface area contributed by atoms with E-state index in [-0.39, 0.29) is 5.41 Å². The average Bonchev–Trinajstić information content (AvgIpc) is 3.12. The highest BCUT2D eigenvalue weighted by Gasteiger charge is 2.44. The summed E-state index contributed by atoms with van der Waals surface area (Å²) in [4.78, 5) is 0. The van der Waals surface area contributed by atoms with Crippen LogP contribution < -0.4 is 0 Å². The fourth-order valence-electron chi connectivity index (χ4n) is 4.53. The molecule has 6 nitrogen and oxygen atoms in total. The van der Waals surface area contributed by atoms with Crippen molar-refractivity contribution in [3.8, 4) is 107 Å². The summed E-state index contributed by atoms with van der Waals surface area (Å²) in [6.07, 6.45) is 29.0. The second kappa shape index (κ2) is 30.6. The number of unbranched alkanes of at least 4 members (excludes halogenated alkanes) is 15. The summed E-state index contributed by atoms with van der Waals surface area (Å²) in [6.45, 7) is 4.63. The first-order chi connectivity index (χ1) is 24.3. The molecular weight excluding hydrogens is 650 g/mol. The zero-order valence-electron chi connectivity index (χ0n) is 28.8. The smallest absolute Gasteiger partial charge is 0.372 e. The third-order valence-corrected chi connectivity index (χ3v) is 9.21. The molecule has 1 spiro atoms. The zero-order valence-corrected chi connectivity index (χ0v) is 30.6. The summed E-state index contributed by atoms with van der Waals surface area (Å²) >= 11 is 0. The molecule has 2 fully saturated rings. The first-order valence-electron chi connectivity index (χ1n) is 17.2. The average molecular weight is 697 g/mol. The maximum atomic E-state index is 5.86. The third kappa shape index (κ3) is 23.5. The Balaban J connectivity index is 1.44. The largest absolute Gasteiger partial charge is 0.406 e. The molecule has 0 N–H and O–H groups in total. The van der Waals surface area contributed by atoms with Crippen LogP contribution in [-0.4, -0.2) is 33.0 Å². The molecule has 49 heavy (non-hydrogen) atoms. The fraction of sp³-hybridized carbons (Fsp3) is 0.561. The predicted octanol–water partition coefficient (Wildman–Crippen LogP) is 8.43. The van der Waals surface area contributed by atoms with Crippen LogP contribution in [0.25, 0.3) is 0 Å². The van der Waals surface area contributed by atoms with Crippen LogP contribution in [0.2, 0.25) is 0 Å². The molecule has 2 rings (SSSR count). The summed E-state index contributed by atoms with van der Waals surface area (Å²) < 4.78 is 34.3. The third-order valence-electron chi connectivity index (χ3n) is 7.22. The van der Waals surface area contributed by atoms with Crippen LogP contribution in [0.5, 0.6) is 0 Å². The molecule has 2 saturated heterocycles. The summed E-state index contributed by atoms with van der Waals surface area (Å²) in [6, 6.07) is 0. The fourth-order valence-corrected chi connectivity index (χ4v) is 6.85. The summed E-state index contributed by atoms with van der Waals surface area (Å²) in [5.74, 6) is 39.7. The minimum atomic E-state index is -1.59. The highest BCUT2D eigenvalue weighted by molar-refractivity contribution is 7.42. The Morgan fingerprint density at radius 3 is 1.22 bits per heavy atom. The van der Waals surface area contributed by atoms with Gasteiger partial charge in [-0.3, -0.25) is 0 Å². The van der Waals surface area contributed by atoms with Gasteiger partial charge in [0, 0.05) is 47.4 Å². The van der Waals surface area contributed by atoms with Gasteiger partial charge in [0.05, 0.1) is 38.4 Å². The van der Waals surface area contributed by atoms with Gasteiger partial charge in [-0.1, -0.05) is 103 Å². The van der Waals surface area contributed by atoms with Crippen molar-refractivity contribution in [3.63, 3.8) is 0 Å². The van der Waals surface area contributed by atoms with Gasteiger partial charge in [0.1, 0.15) is 6.11 Å². The monoisotopic (exact) mass is 696 g/mol. The van der Waals surface area contributed by atoms with Gasteiger partial charge in [-0.25, -0.2) is 0 Å². The normalized spacial score (nSPS) is 18.3. The van der Waals surface area contributed by atoms with Gasteiger partial charge in [-0.05, 0) is 53.8 Å². The van der Waals surface area contributed by atoms with Crippen molar-refractivity contribution in [2.45, 2.75) is 110 Å². The Labute approximate surface area is 299 Å². The zero-order chi connectivity index (χ0) is 34.8. The molecule has 8 heteroatoms. The lowest BCUT2D eigenvalue weighted by molar-refractivity contribution is -0.0728. The summed E-state index contributed by atoms with van der Waals surface area (Å²) in [5, 5.41) is 0. The van der Waals surface area contributed by atoms with Gasteiger partial charge >= 0.3 is 17.2 Å². The lowest BCUT2D eigenvalue weighted by atomic mass is 9.93. The number of terminal acetylenes is 1. The van der Waals surface area contributed by atoms with Crippen molar-refractivity contribution in [2.75, 3.05) is 33.0 Å². The van der Waals surface area contributed by atoms with Gasteiger partial charge in [-0.2, -0.15) is 0 Å². The van der Waals surface area contributed by atoms with Gasteiger partial charge in [0.2, 0.25) is 0 Å². The molecule has 0 saturated carbocycles. The Kier molecular flexibility index (Phi) is 26.0. The van der Waals surface area contributed by atoms with E-state index >= 15 is 0 Å². The van der Waals surface area contributed by atoms with Crippen LogP contribution in [0.3, 0.4) is 0 Å². The molecule has 0 aliphatic carbocycles. The van der Waals surface area contributed by atoms with Crippen LogP contribution in [-0.2, 0) is 27.1 Å². The molecule has 2 aliphatic rings. The molecule has 0 radical (unpaired) electrons. The maximum absolute atomic E-state index is 5.86. The molecule has 2 aliphatic heterocycles. The molecule has 0 bridgehead atoms. The van der Waals surface area contributed by atoms with Crippen LogP contribution in [0.4, 0.5) is 0 Å². The molecule has 0 amide bonds. The number of hydrogen-bond donors (Lipinski definition) is 0. The molecular formula is C41H46O6P2. The molecule has 0 unspecified atom stereocenters. The highest BCUT2D eigenvalue weighted by Crippen LogP contribution is 2.52. The van der Waals surface area contributed by atoms with E-state index in [0.29, 0.717) is 33.0 Å². The SMILES string of the molecule is C#CC#CC#CC#CC#CC#CC#CC#CC#COP1OCC2(CO1)COP(OCCCCCCCCCCCCCCCCCC)OC2. The standard InChI is InChI=1S/C41H46O6P2/c1-3-5-7-9-11-13-15-17-19-21-23-25-27-29-31-33-35-42-48-44-37-41(38-45-48)39-46-49(47-40-41)43-36-34-32-30-28-26-24-22-20-18-16-14-12-10-8-6-4-2/h1H,4,6,8,10,12,14,16,18,20,22,24,26,28,30,32,34,36-40H2,2H3. The van der Waals surface area contributed by atoms with Crippen molar-refractivity contribution in [1.29, 1.82) is 0 Å². The van der Waals surface area contributed by atoms with Crippen molar-refractivity contribution < 1.29 is 27.1 Å². The lowest BCUT2D eigenvalue weighted by Crippen LogP contribution is -2.44. The van der Waals surface area contributed by atoms with Crippen LogP contribution in [0.15, 0.2) is 0 Å². The Bertz CT molecular complexity index is 1500. The van der Waals surface area contributed by atoms with E-state index in [1.165, 1.54) is 96.3 Å². The van der Waals surface area contributed by atoms with Crippen molar-refractivity contribution in [1.82, 2.24) is 0 Å². The quantitative estimate of drug-likeness (QED) is 0.0768. The van der Waals surface area contributed by atoms with Gasteiger partial charge in [0.15, 0.2) is 0 Å². The summed E-state index contributed by atoms with van der Waals surface area (Å²) in [7, 11) is -2.91. The van der Waals surface area contributed by atoms with Gasteiger partial charge in [0.25, 0.3) is 0 Å². The van der Waals surface area contributed by atoms with Crippen molar-refractivity contribution in [3.05, 3.63) is 0 Å².